The van der Waals surface area contributed by atoms with E-state index in [0.29, 0.717) is 25.4 Å². The number of rotatable bonds is 5. The first kappa shape index (κ1) is 12.5. The van der Waals surface area contributed by atoms with Gasteiger partial charge in [-0.05, 0) is 12.0 Å². The maximum Gasteiger partial charge on any atom is 0.214 e. The summed E-state index contributed by atoms with van der Waals surface area (Å²) in [6, 6.07) is 10.1. The molecule has 0 bridgehead atoms. The van der Waals surface area contributed by atoms with E-state index >= 15 is 0 Å². The third-order valence-electron chi connectivity index (χ3n) is 2.91. The van der Waals surface area contributed by atoms with E-state index in [2.05, 4.69) is 17.4 Å². The normalized spacial score (nSPS) is 19.5. The van der Waals surface area contributed by atoms with Gasteiger partial charge in [0, 0.05) is 26.2 Å². The molecule has 94 valence electrons. The van der Waals surface area contributed by atoms with E-state index in [1.165, 1.54) is 5.56 Å². The molecule has 0 atom stereocenters. The maximum absolute atomic E-state index is 11.5. The fraction of sp³-hybridized carbons (Fsp3) is 0.500. The predicted molar refractivity (Wildman–Crippen MR) is 68.1 cm³/mol. The minimum absolute atomic E-state index is 0.311. The highest BCUT2D eigenvalue weighted by molar-refractivity contribution is 7.89. The van der Waals surface area contributed by atoms with E-state index in [1.54, 1.807) is 4.31 Å². The number of nitrogens with zero attached hydrogens (tertiary/aromatic N) is 1. The second kappa shape index (κ2) is 5.62. The Kier molecular flexibility index (Phi) is 4.15. The molecular weight excluding hydrogens is 236 g/mol. The molecule has 1 N–H and O–H groups in total. The van der Waals surface area contributed by atoms with Crippen molar-refractivity contribution in [1.29, 1.82) is 0 Å². The van der Waals surface area contributed by atoms with Crippen molar-refractivity contribution in [2.75, 3.05) is 25.4 Å². The number of hydrogen-bond acceptors (Lipinski definition) is 3. The van der Waals surface area contributed by atoms with Gasteiger partial charge in [-0.3, -0.25) is 0 Å². The van der Waals surface area contributed by atoms with Gasteiger partial charge in [0.2, 0.25) is 10.0 Å². The molecule has 1 aromatic rings. The van der Waals surface area contributed by atoms with Crippen LogP contribution in [0.4, 0.5) is 0 Å². The van der Waals surface area contributed by atoms with E-state index in [9.17, 15) is 8.42 Å². The molecule has 2 rings (SSSR count). The average molecular weight is 254 g/mol. The summed E-state index contributed by atoms with van der Waals surface area (Å²) in [6.45, 7) is 2.74. The lowest BCUT2D eigenvalue weighted by Crippen LogP contribution is -2.33. The van der Waals surface area contributed by atoms with Crippen LogP contribution in [0.3, 0.4) is 0 Å². The van der Waals surface area contributed by atoms with E-state index < -0.39 is 10.0 Å². The van der Waals surface area contributed by atoms with Crippen molar-refractivity contribution in [1.82, 2.24) is 9.62 Å². The molecule has 0 saturated carbocycles. The smallest absolute Gasteiger partial charge is 0.214 e. The van der Waals surface area contributed by atoms with Gasteiger partial charge in [-0.1, -0.05) is 30.3 Å². The molecule has 4 nitrogen and oxygen atoms in total. The summed E-state index contributed by atoms with van der Waals surface area (Å²) in [4.78, 5) is 0. The second-order valence-corrected chi connectivity index (χ2v) is 6.32. The fourth-order valence-electron chi connectivity index (χ4n) is 1.97. The van der Waals surface area contributed by atoms with Gasteiger partial charge in [0.05, 0.1) is 5.75 Å². The van der Waals surface area contributed by atoms with Crippen LogP contribution in [0.2, 0.25) is 0 Å². The fourth-order valence-corrected chi connectivity index (χ4v) is 3.50. The number of nitrogens with one attached hydrogen (secondary N) is 1. The molecule has 0 aromatic heterocycles. The Balaban J connectivity index is 1.70. The zero-order valence-electron chi connectivity index (χ0n) is 9.80. The monoisotopic (exact) mass is 254 g/mol. The van der Waals surface area contributed by atoms with Crippen LogP contribution in [0, 0.1) is 0 Å². The highest BCUT2D eigenvalue weighted by atomic mass is 32.2. The Labute approximate surface area is 103 Å². The van der Waals surface area contributed by atoms with Crippen LogP contribution in [0.1, 0.15) is 12.0 Å². The highest BCUT2D eigenvalue weighted by Gasteiger charge is 2.27. The minimum Gasteiger partial charge on any atom is -0.311 e. The van der Waals surface area contributed by atoms with Crippen LogP contribution in [-0.2, 0) is 16.6 Å². The lowest BCUT2D eigenvalue weighted by molar-refractivity contribution is 0.434. The van der Waals surface area contributed by atoms with Crippen molar-refractivity contribution in [2.24, 2.45) is 0 Å². The van der Waals surface area contributed by atoms with Gasteiger partial charge in [-0.25, -0.2) is 12.7 Å². The highest BCUT2D eigenvalue weighted by Crippen LogP contribution is 2.11. The minimum atomic E-state index is -2.94. The van der Waals surface area contributed by atoms with Gasteiger partial charge >= 0.3 is 0 Å². The zero-order chi connectivity index (χ0) is 12.1. The van der Waals surface area contributed by atoms with E-state index in [1.807, 2.05) is 18.2 Å². The molecule has 0 amide bonds. The van der Waals surface area contributed by atoms with Crippen molar-refractivity contribution in [3.05, 3.63) is 35.9 Å². The summed E-state index contributed by atoms with van der Waals surface area (Å²) in [6.07, 6.45) is 0.765. The Morgan fingerprint density at radius 2 is 2.00 bits per heavy atom. The van der Waals surface area contributed by atoms with Crippen molar-refractivity contribution in [3.8, 4) is 0 Å². The molecule has 0 aliphatic carbocycles. The topological polar surface area (TPSA) is 49.4 Å². The standard InChI is InChI=1S/C12H18N2O2S/c15-17(16)10-4-8-14(17)9-7-13-11-12-5-2-1-3-6-12/h1-3,5-6,13H,4,7-11H2. The molecule has 1 heterocycles. The van der Waals surface area contributed by atoms with E-state index in [-0.39, 0.29) is 0 Å². The molecule has 1 fully saturated rings. The predicted octanol–water partition coefficient (Wildman–Crippen LogP) is 0.812. The Morgan fingerprint density at radius 3 is 2.65 bits per heavy atom. The average Bonchev–Trinajstić information content (AvgIpc) is 2.66. The molecule has 1 aromatic carbocycles. The summed E-state index contributed by atoms with van der Waals surface area (Å²) in [5, 5.41) is 3.26. The lowest BCUT2D eigenvalue weighted by atomic mass is 10.2. The molecule has 0 unspecified atom stereocenters. The first-order valence-electron chi connectivity index (χ1n) is 5.91. The van der Waals surface area contributed by atoms with Crippen LogP contribution in [0.25, 0.3) is 0 Å². The quantitative estimate of drug-likeness (QED) is 0.791. The number of benzene rings is 1. The number of hydrogen-bond donors (Lipinski definition) is 1. The maximum atomic E-state index is 11.5. The Bertz CT molecular complexity index is 445. The van der Waals surface area contributed by atoms with Crippen LogP contribution in [0.15, 0.2) is 30.3 Å². The summed E-state index contributed by atoms with van der Waals surface area (Å²) in [5.41, 5.74) is 1.22. The van der Waals surface area contributed by atoms with Crippen molar-refractivity contribution in [3.63, 3.8) is 0 Å². The molecule has 0 radical (unpaired) electrons. The molecular formula is C12H18N2O2S. The summed E-state index contributed by atoms with van der Waals surface area (Å²) >= 11 is 0. The third-order valence-corrected chi connectivity index (χ3v) is 4.87. The van der Waals surface area contributed by atoms with E-state index in [4.69, 9.17) is 0 Å². The summed E-state index contributed by atoms with van der Waals surface area (Å²) in [5.74, 6) is 0.311. The van der Waals surface area contributed by atoms with Gasteiger partial charge in [0.25, 0.3) is 0 Å². The van der Waals surface area contributed by atoms with Crippen LogP contribution in [0.5, 0.6) is 0 Å². The van der Waals surface area contributed by atoms with Gasteiger partial charge in [-0.2, -0.15) is 0 Å². The molecule has 0 spiro atoms. The molecule has 1 aliphatic rings. The van der Waals surface area contributed by atoms with Crippen molar-refractivity contribution < 1.29 is 8.42 Å². The Morgan fingerprint density at radius 1 is 1.24 bits per heavy atom. The lowest BCUT2D eigenvalue weighted by Gasteiger charge is -2.14. The SMILES string of the molecule is O=S1(=O)CCCN1CCNCc1ccccc1. The number of sulfonamides is 1. The largest absolute Gasteiger partial charge is 0.311 e. The van der Waals surface area contributed by atoms with Crippen molar-refractivity contribution >= 4 is 10.0 Å². The van der Waals surface area contributed by atoms with Gasteiger partial charge in [-0.15, -0.1) is 0 Å². The van der Waals surface area contributed by atoms with Crippen molar-refractivity contribution in [2.45, 2.75) is 13.0 Å². The molecule has 1 aliphatic heterocycles. The summed E-state index contributed by atoms with van der Waals surface area (Å²) < 4.78 is 24.6. The van der Waals surface area contributed by atoms with Crippen LogP contribution >= 0.6 is 0 Å². The molecule has 17 heavy (non-hydrogen) atoms. The summed E-state index contributed by atoms with van der Waals surface area (Å²) in [7, 11) is -2.94. The van der Waals surface area contributed by atoms with Crippen LogP contribution < -0.4 is 5.32 Å². The van der Waals surface area contributed by atoms with Gasteiger partial charge < -0.3 is 5.32 Å². The third kappa shape index (κ3) is 3.52. The van der Waals surface area contributed by atoms with Gasteiger partial charge in [0.15, 0.2) is 0 Å². The van der Waals surface area contributed by atoms with Gasteiger partial charge in [0.1, 0.15) is 0 Å². The second-order valence-electron chi connectivity index (χ2n) is 4.23. The Hall–Kier alpha value is -0.910. The zero-order valence-corrected chi connectivity index (χ0v) is 10.6. The van der Waals surface area contributed by atoms with Crippen LogP contribution in [-0.4, -0.2) is 38.1 Å². The molecule has 1 saturated heterocycles. The first-order chi connectivity index (χ1) is 8.18. The van der Waals surface area contributed by atoms with E-state index in [0.717, 1.165) is 13.0 Å². The molecule has 5 heteroatoms. The first-order valence-corrected chi connectivity index (χ1v) is 7.52.